The van der Waals surface area contributed by atoms with Gasteiger partial charge in [0.15, 0.2) is 10.9 Å². The minimum Gasteiger partial charge on any atom is -0.352 e. The second-order valence-electron chi connectivity index (χ2n) is 4.97. The molecule has 130 valence electrons. The zero-order valence-electron chi connectivity index (χ0n) is 12.2. The molecule has 0 aliphatic rings. The fourth-order valence-electron chi connectivity index (χ4n) is 2.17. The number of nitrogens with two attached hydrogens (primary N) is 1. The molecule has 4 N–H and O–H groups in total. The van der Waals surface area contributed by atoms with Crippen molar-refractivity contribution >= 4 is 44.6 Å². The number of primary sulfonamides is 1. The highest BCUT2D eigenvalue weighted by Crippen LogP contribution is 2.38. The van der Waals surface area contributed by atoms with Gasteiger partial charge in [0.05, 0.1) is 16.0 Å². The Kier molecular flexibility index (Phi) is 4.60. The van der Waals surface area contributed by atoms with Gasteiger partial charge in [-0.25, -0.2) is 13.6 Å². The summed E-state index contributed by atoms with van der Waals surface area (Å²) in [5.74, 6) is 0. The highest BCUT2D eigenvalue weighted by molar-refractivity contribution is 7.89. The molecule has 0 saturated heterocycles. The Bertz CT molecular complexity index is 1200. The highest BCUT2D eigenvalue weighted by atomic mass is 35.5. The van der Waals surface area contributed by atoms with E-state index in [9.17, 15) is 18.0 Å². The minimum absolute atomic E-state index is 0.0788. The van der Waals surface area contributed by atoms with Crippen LogP contribution in [0.3, 0.4) is 0 Å². The maximum absolute atomic E-state index is 12.2. The number of sulfonamides is 1. The first kappa shape index (κ1) is 17.9. The molecule has 0 aromatic carbocycles. The van der Waals surface area contributed by atoms with Crippen LogP contribution in [0.5, 0.6) is 0 Å². The zero-order valence-corrected chi connectivity index (χ0v) is 15.3. The van der Waals surface area contributed by atoms with E-state index in [0.717, 1.165) is 17.4 Å². The summed E-state index contributed by atoms with van der Waals surface area (Å²) in [5.41, 5.74) is -0.597. The third kappa shape index (κ3) is 3.55. The molecule has 0 atom stereocenters. The van der Waals surface area contributed by atoms with Gasteiger partial charge >= 0.3 is 0 Å². The molecule has 7 nitrogen and oxygen atoms in total. The number of hydrogen-bond donors (Lipinski definition) is 3. The molecule has 0 radical (unpaired) electrons. The number of halogens is 2. The standard InChI is InChI=1S/C14H9Cl2N3O4S2/c15-12-1-8(20)6(4-18-12)10-3-11(25(17,22)23)14(24-10)7-5-19-13(16)2-9(7)21/h1-5H,(H,18,20)(H,19,21)(H2,17,22,23). The highest BCUT2D eigenvalue weighted by Gasteiger charge is 2.23. The zero-order chi connectivity index (χ0) is 18.4. The summed E-state index contributed by atoms with van der Waals surface area (Å²) in [6.45, 7) is 0. The smallest absolute Gasteiger partial charge is 0.239 e. The third-order valence-electron chi connectivity index (χ3n) is 3.27. The van der Waals surface area contributed by atoms with Crippen molar-refractivity contribution in [3.8, 4) is 20.9 Å². The molecule has 3 rings (SSSR count). The lowest BCUT2D eigenvalue weighted by atomic mass is 10.2. The number of thiophene rings is 1. The van der Waals surface area contributed by atoms with Crippen molar-refractivity contribution in [2.75, 3.05) is 0 Å². The first-order chi connectivity index (χ1) is 11.7. The van der Waals surface area contributed by atoms with Crippen molar-refractivity contribution in [3.05, 3.63) is 61.3 Å². The van der Waals surface area contributed by atoms with Gasteiger partial charge in [0.1, 0.15) is 15.2 Å². The summed E-state index contributed by atoms with van der Waals surface area (Å²) < 4.78 is 23.9. The topological polar surface area (TPSA) is 126 Å². The fraction of sp³-hybridized carbons (Fsp3) is 0. The van der Waals surface area contributed by atoms with E-state index >= 15 is 0 Å². The molecule has 25 heavy (non-hydrogen) atoms. The lowest BCUT2D eigenvalue weighted by Gasteiger charge is -2.01. The number of rotatable bonds is 3. The second kappa shape index (κ2) is 6.43. The minimum atomic E-state index is -4.13. The molecule has 0 unspecified atom stereocenters. The van der Waals surface area contributed by atoms with Gasteiger partial charge in [-0.05, 0) is 6.07 Å². The maximum Gasteiger partial charge on any atom is 0.239 e. The number of H-pyrrole nitrogens is 2. The van der Waals surface area contributed by atoms with Crippen molar-refractivity contribution in [2.24, 2.45) is 5.14 Å². The van der Waals surface area contributed by atoms with Crippen LogP contribution in [0, 0.1) is 0 Å². The Morgan fingerprint density at radius 2 is 1.44 bits per heavy atom. The van der Waals surface area contributed by atoms with Gasteiger partial charge in [0.25, 0.3) is 0 Å². The van der Waals surface area contributed by atoms with Crippen molar-refractivity contribution in [1.82, 2.24) is 9.97 Å². The van der Waals surface area contributed by atoms with E-state index in [4.69, 9.17) is 28.3 Å². The molecular formula is C14H9Cl2N3O4S2. The van der Waals surface area contributed by atoms with E-state index in [1.165, 1.54) is 24.5 Å². The largest absolute Gasteiger partial charge is 0.352 e. The van der Waals surface area contributed by atoms with E-state index in [1.807, 2.05) is 0 Å². The van der Waals surface area contributed by atoms with Crippen LogP contribution in [0.25, 0.3) is 20.9 Å². The molecular weight excluding hydrogens is 409 g/mol. The van der Waals surface area contributed by atoms with Crippen molar-refractivity contribution < 1.29 is 8.42 Å². The second-order valence-corrected chi connectivity index (χ2v) is 8.36. The van der Waals surface area contributed by atoms with Gasteiger partial charge < -0.3 is 9.97 Å². The molecule has 3 heterocycles. The van der Waals surface area contributed by atoms with Crippen LogP contribution in [0.1, 0.15) is 0 Å². The molecule has 0 aliphatic heterocycles. The number of aromatic nitrogens is 2. The van der Waals surface area contributed by atoms with Crippen LogP contribution in [0.15, 0.2) is 45.1 Å². The average Bonchev–Trinajstić information content (AvgIpc) is 2.92. The van der Waals surface area contributed by atoms with Crippen molar-refractivity contribution in [3.63, 3.8) is 0 Å². The van der Waals surface area contributed by atoms with Crippen molar-refractivity contribution in [2.45, 2.75) is 4.90 Å². The predicted octanol–water partition coefficient (Wildman–Crippen LogP) is 2.41. The van der Waals surface area contributed by atoms with Gasteiger partial charge in [-0.3, -0.25) is 9.59 Å². The first-order valence-corrected chi connectivity index (χ1v) is 9.72. The summed E-state index contributed by atoms with van der Waals surface area (Å²) in [6, 6.07) is 3.54. The molecule has 0 fully saturated rings. The van der Waals surface area contributed by atoms with E-state index < -0.39 is 20.9 Å². The maximum atomic E-state index is 12.2. The first-order valence-electron chi connectivity index (χ1n) is 6.60. The fourth-order valence-corrected chi connectivity index (χ4v) is 4.77. The number of aromatic amines is 2. The van der Waals surface area contributed by atoms with Crippen LogP contribution in [0.2, 0.25) is 10.3 Å². The number of pyridine rings is 2. The Morgan fingerprint density at radius 1 is 0.920 bits per heavy atom. The van der Waals surface area contributed by atoms with E-state index in [1.54, 1.807) is 0 Å². The molecule has 0 bridgehead atoms. The third-order valence-corrected chi connectivity index (χ3v) is 5.97. The Balaban J connectivity index is 2.31. The van der Waals surface area contributed by atoms with Crippen LogP contribution >= 0.6 is 34.5 Å². The lowest BCUT2D eigenvalue weighted by molar-refractivity contribution is 0.598. The summed E-state index contributed by atoms with van der Waals surface area (Å²) >= 11 is 12.4. The van der Waals surface area contributed by atoms with E-state index in [2.05, 4.69) is 9.97 Å². The monoisotopic (exact) mass is 417 g/mol. The summed E-state index contributed by atoms with van der Waals surface area (Å²) in [7, 11) is -4.13. The van der Waals surface area contributed by atoms with Gasteiger partial charge in [0.2, 0.25) is 10.0 Å². The molecule has 0 amide bonds. The van der Waals surface area contributed by atoms with E-state index in [-0.39, 0.29) is 31.2 Å². The van der Waals surface area contributed by atoms with Gasteiger partial charge in [-0.1, -0.05) is 23.2 Å². The average molecular weight is 418 g/mol. The SMILES string of the molecule is NS(=O)(=O)c1cc(-c2c[nH]c(Cl)cc2=O)sc1-c1c[nH]c(Cl)cc1=O. The summed E-state index contributed by atoms with van der Waals surface area (Å²) in [5, 5.41) is 5.51. The van der Waals surface area contributed by atoms with Gasteiger partial charge in [-0.2, -0.15) is 0 Å². The molecule has 3 aromatic rings. The summed E-state index contributed by atoms with van der Waals surface area (Å²) in [4.78, 5) is 29.7. The molecule has 11 heteroatoms. The van der Waals surface area contributed by atoms with Crippen LogP contribution < -0.4 is 16.0 Å². The number of hydrogen-bond acceptors (Lipinski definition) is 5. The van der Waals surface area contributed by atoms with Gasteiger partial charge in [-0.15, -0.1) is 11.3 Å². The van der Waals surface area contributed by atoms with Crippen LogP contribution in [-0.2, 0) is 10.0 Å². The molecule has 0 saturated carbocycles. The quantitative estimate of drug-likeness (QED) is 0.565. The molecule has 0 aliphatic carbocycles. The lowest BCUT2D eigenvalue weighted by Crippen LogP contribution is -2.13. The number of nitrogens with one attached hydrogen (secondary N) is 2. The molecule has 0 spiro atoms. The van der Waals surface area contributed by atoms with Gasteiger partial charge in [0, 0.05) is 29.4 Å². The Morgan fingerprint density at radius 3 is 1.92 bits per heavy atom. The van der Waals surface area contributed by atoms with Crippen molar-refractivity contribution in [1.29, 1.82) is 0 Å². The summed E-state index contributed by atoms with van der Waals surface area (Å²) in [6.07, 6.45) is 2.65. The normalized spacial score (nSPS) is 11.6. The Hall–Kier alpha value is -1.91. The predicted molar refractivity (Wildman–Crippen MR) is 97.8 cm³/mol. The van der Waals surface area contributed by atoms with E-state index in [0.29, 0.717) is 4.88 Å². The molecule has 3 aromatic heterocycles. The Labute approximate surface area is 155 Å². The van der Waals surface area contributed by atoms with Crippen LogP contribution in [-0.4, -0.2) is 18.4 Å². The van der Waals surface area contributed by atoms with Crippen LogP contribution in [0.4, 0.5) is 0 Å².